The van der Waals surface area contributed by atoms with Crippen molar-refractivity contribution < 1.29 is 23.5 Å². The van der Waals surface area contributed by atoms with E-state index in [1.807, 2.05) is 6.92 Å². The fraction of sp³-hybridized carbons (Fsp3) is 0.385. The smallest absolute Gasteiger partial charge is 0.412 e. The van der Waals surface area contributed by atoms with Crippen LogP contribution in [0.1, 0.15) is 69.1 Å². The number of carbonyl (C=O) groups is 2. The van der Waals surface area contributed by atoms with Gasteiger partial charge in [0, 0.05) is 17.5 Å². The molecule has 1 aromatic heterocycles. The standard InChI is InChI=1S/C26H29FN4O4/c1-5-23(34-19-11-8-17(9-12-19)24(32)16-6-7-16)22-15-28-31(30-22)18-10-13-21(20(27)14-18)29-25(33)35-26(2,3)4/h8-16,23H,5-7H2,1-4H3,(H,29,33). The molecule has 2 aromatic carbocycles. The molecule has 9 heteroatoms. The minimum absolute atomic E-state index is 0.00578. The van der Waals surface area contributed by atoms with Gasteiger partial charge in [0.1, 0.15) is 29.0 Å². The first-order valence-electron chi connectivity index (χ1n) is 11.7. The van der Waals surface area contributed by atoms with Crippen LogP contribution < -0.4 is 10.1 Å². The van der Waals surface area contributed by atoms with Crippen LogP contribution in [0.3, 0.4) is 0 Å². The highest BCUT2D eigenvalue weighted by Crippen LogP contribution is 2.33. The SMILES string of the molecule is CCC(Oc1ccc(C(=O)C2CC2)cc1)c1cnn(-c2ccc(NC(=O)OC(C)(C)C)c(F)c2)n1. The van der Waals surface area contributed by atoms with E-state index in [1.165, 1.54) is 16.9 Å². The van der Waals surface area contributed by atoms with E-state index in [2.05, 4.69) is 15.5 Å². The molecule has 8 nitrogen and oxygen atoms in total. The van der Waals surface area contributed by atoms with Gasteiger partial charge in [-0.05, 0) is 76.4 Å². The highest BCUT2D eigenvalue weighted by molar-refractivity contribution is 5.99. The largest absolute Gasteiger partial charge is 0.484 e. The summed E-state index contributed by atoms with van der Waals surface area (Å²) in [6.07, 6.45) is 3.04. The highest BCUT2D eigenvalue weighted by Gasteiger charge is 2.30. The number of aromatic nitrogens is 3. The molecule has 1 amide bonds. The van der Waals surface area contributed by atoms with Crippen LogP contribution in [0.4, 0.5) is 14.9 Å². The van der Waals surface area contributed by atoms with E-state index >= 15 is 0 Å². The van der Waals surface area contributed by atoms with E-state index in [1.54, 1.807) is 57.3 Å². The lowest BCUT2D eigenvalue weighted by molar-refractivity contribution is 0.0635. The molecule has 1 aliphatic rings. The third-order valence-corrected chi connectivity index (χ3v) is 5.39. The van der Waals surface area contributed by atoms with Crippen molar-refractivity contribution in [2.24, 2.45) is 5.92 Å². The molecule has 1 saturated carbocycles. The molecule has 1 aliphatic carbocycles. The maximum Gasteiger partial charge on any atom is 0.412 e. The number of halogens is 1. The highest BCUT2D eigenvalue weighted by atomic mass is 19.1. The van der Waals surface area contributed by atoms with Gasteiger partial charge in [0.2, 0.25) is 0 Å². The molecule has 35 heavy (non-hydrogen) atoms. The Hall–Kier alpha value is -3.75. The van der Waals surface area contributed by atoms with Gasteiger partial charge in [-0.15, -0.1) is 5.10 Å². The predicted octanol–water partition coefficient (Wildman–Crippen LogP) is 5.88. The Morgan fingerprint density at radius 3 is 2.49 bits per heavy atom. The Morgan fingerprint density at radius 2 is 1.89 bits per heavy atom. The maximum atomic E-state index is 14.6. The Bertz CT molecular complexity index is 1210. The summed E-state index contributed by atoms with van der Waals surface area (Å²) in [5.41, 5.74) is 0.978. The van der Waals surface area contributed by atoms with Crippen molar-refractivity contribution >= 4 is 17.6 Å². The summed E-state index contributed by atoms with van der Waals surface area (Å²) in [5.74, 6) is 0.344. The number of benzene rings is 2. The summed E-state index contributed by atoms with van der Waals surface area (Å²) >= 11 is 0. The number of Topliss-reactive ketones (excluding diaryl/α,β-unsaturated/α-hetero) is 1. The second-order valence-electron chi connectivity index (χ2n) is 9.53. The maximum absolute atomic E-state index is 14.6. The lowest BCUT2D eigenvalue weighted by Gasteiger charge is -2.19. The second kappa shape index (κ2) is 9.85. The minimum atomic E-state index is -0.739. The predicted molar refractivity (Wildman–Crippen MR) is 128 cm³/mol. The number of hydrogen-bond donors (Lipinski definition) is 1. The van der Waals surface area contributed by atoms with E-state index in [9.17, 15) is 14.0 Å². The van der Waals surface area contributed by atoms with Crippen molar-refractivity contribution in [3.05, 3.63) is 65.7 Å². The van der Waals surface area contributed by atoms with E-state index in [0.717, 1.165) is 12.8 Å². The third kappa shape index (κ3) is 6.23. The van der Waals surface area contributed by atoms with E-state index < -0.39 is 17.5 Å². The van der Waals surface area contributed by atoms with Crippen LogP contribution in [-0.2, 0) is 4.74 Å². The van der Waals surface area contributed by atoms with Gasteiger partial charge in [-0.1, -0.05) is 6.92 Å². The summed E-state index contributed by atoms with van der Waals surface area (Å²) in [7, 11) is 0. The van der Waals surface area contributed by atoms with Gasteiger partial charge in [-0.2, -0.15) is 9.90 Å². The monoisotopic (exact) mass is 480 g/mol. The fourth-order valence-electron chi connectivity index (χ4n) is 3.49. The van der Waals surface area contributed by atoms with Crippen molar-refractivity contribution in [3.63, 3.8) is 0 Å². The number of amides is 1. The van der Waals surface area contributed by atoms with Crippen molar-refractivity contribution in [1.29, 1.82) is 0 Å². The first kappa shape index (κ1) is 24.4. The number of nitrogens with one attached hydrogen (secondary N) is 1. The average Bonchev–Trinajstić information content (AvgIpc) is 3.54. The van der Waals surface area contributed by atoms with Gasteiger partial charge >= 0.3 is 6.09 Å². The molecule has 1 heterocycles. The molecular weight excluding hydrogens is 451 g/mol. The topological polar surface area (TPSA) is 95.3 Å². The van der Waals surface area contributed by atoms with Crippen molar-refractivity contribution in [2.45, 2.75) is 58.7 Å². The second-order valence-corrected chi connectivity index (χ2v) is 9.53. The summed E-state index contributed by atoms with van der Waals surface area (Å²) in [5, 5.41) is 11.1. The van der Waals surface area contributed by atoms with Crippen molar-refractivity contribution in [3.8, 4) is 11.4 Å². The van der Waals surface area contributed by atoms with Crippen LogP contribution in [0, 0.1) is 11.7 Å². The van der Waals surface area contributed by atoms with Crippen LogP contribution in [0.25, 0.3) is 5.69 Å². The molecule has 0 saturated heterocycles. The molecular formula is C26H29FN4O4. The first-order valence-corrected chi connectivity index (χ1v) is 11.7. The lowest BCUT2D eigenvalue weighted by Crippen LogP contribution is -2.27. The zero-order valence-electron chi connectivity index (χ0n) is 20.2. The minimum Gasteiger partial charge on any atom is -0.484 e. The summed E-state index contributed by atoms with van der Waals surface area (Å²) in [4.78, 5) is 25.4. The molecule has 1 unspecified atom stereocenters. The van der Waals surface area contributed by atoms with Gasteiger partial charge in [-0.3, -0.25) is 10.1 Å². The van der Waals surface area contributed by atoms with E-state index in [4.69, 9.17) is 9.47 Å². The molecule has 4 rings (SSSR count). The van der Waals surface area contributed by atoms with Crippen LogP contribution in [-0.4, -0.2) is 32.5 Å². The van der Waals surface area contributed by atoms with Gasteiger partial charge in [-0.25, -0.2) is 9.18 Å². The van der Waals surface area contributed by atoms with Gasteiger partial charge < -0.3 is 9.47 Å². The first-order chi connectivity index (χ1) is 16.6. The molecule has 0 spiro atoms. The third-order valence-electron chi connectivity index (χ3n) is 5.39. The summed E-state index contributed by atoms with van der Waals surface area (Å²) in [6, 6.07) is 11.4. The Labute approximate surface area is 203 Å². The Kier molecular flexibility index (Phi) is 6.86. The quantitative estimate of drug-likeness (QED) is 0.405. The number of nitrogens with zero attached hydrogens (tertiary/aromatic N) is 3. The number of ether oxygens (including phenoxy) is 2. The Morgan fingerprint density at radius 1 is 1.17 bits per heavy atom. The van der Waals surface area contributed by atoms with Gasteiger partial charge in [0.15, 0.2) is 5.78 Å². The van der Waals surface area contributed by atoms with Crippen molar-refractivity contribution in [1.82, 2.24) is 15.0 Å². The number of anilines is 1. The molecule has 0 bridgehead atoms. The molecule has 3 aromatic rings. The van der Waals surface area contributed by atoms with Crippen LogP contribution in [0.5, 0.6) is 5.75 Å². The van der Waals surface area contributed by atoms with E-state index in [-0.39, 0.29) is 23.5 Å². The summed E-state index contributed by atoms with van der Waals surface area (Å²) in [6.45, 7) is 7.15. The Balaban J connectivity index is 1.43. The normalized spacial score (nSPS) is 14.3. The van der Waals surface area contributed by atoms with Gasteiger partial charge in [0.25, 0.3) is 0 Å². The molecule has 184 valence electrons. The van der Waals surface area contributed by atoms with Crippen LogP contribution >= 0.6 is 0 Å². The number of hydrogen-bond acceptors (Lipinski definition) is 6. The molecule has 0 aliphatic heterocycles. The molecule has 0 radical (unpaired) electrons. The summed E-state index contributed by atoms with van der Waals surface area (Å²) < 4.78 is 25.8. The zero-order valence-corrected chi connectivity index (χ0v) is 20.2. The van der Waals surface area contributed by atoms with Gasteiger partial charge in [0.05, 0.1) is 17.6 Å². The van der Waals surface area contributed by atoms with Crippen molar-refractivity contribution in [2.75, 3.05) is 5.32 Å². The molecule has 1 fully saturated rings. The number of rotatable bonds is 8. The number of ketones is 1. The zero-order chi connectivity index (χ0) is 25.2. The van der Waals surface area contributed by atoms with Crippen LogP contribution in [0.15, 0.2) is 48.7 Å². The molecule has 1 N–H and O–H groups in total. The molecule has 1 atom stereocenters. The number of carbonyl (C=O) groups excluding carboxylic acids is 2. The van der Waals surface area contributed by atoms with Crippen LogP contribution in [0.2, 0.25) is 0 Å². The van der Waals surface area contributed by atoms with E-state index in [0.29, 0.717) is 29.1 Å². The fourth-order valence-corrected chi connectivity index (χ4v) is 3.49. The average molecular weight is 481 g/mol. The lowest BCUT2D eigenvalue weighted by atomic mass is 10.1.